The molecule has 1 atom stereocenters. The summed E-state index contributed by atoms with van der Waals surface area (Å²) < 4.78 is 0. The van der Waals surface area contributed by atoms with E-state index in [1.165, 1.54) is 0 Å². The molecule has 0 aliphatic carbocycles. The van der Waals surface area contributed by atoms with Gasteiger partial charge >= 0.3 is 0 Å². The molecule has 6 nitrogen and oxygen atoms in total. The molecule has 2 aromatic heterocycles. The molecule has 1 saturated heterocycles. The molecule has 0 radical (unpaired) electrons. The van der Waals surface area contributed by atoms with Crippen molar-refractivity contribution in [2.45, 2.75) is 12.8 Å². The maximum absolute atomic E-state index is 12.7. The van der Waals surface area contributed by atoms with Crippen LogP contribution in [0.1, 0.15) is 12.8 Å². The fourth-order valence-electron chi connectivity index (χ4n) is 3.35. The smallest absolute Gasteiger partial charge is 0.229 e. The monoisotopic (exact) mass is 393 g/mol. The standard InChI is InChI=1S/C21H20ClN5O/c22-17-3-5-18(6-4-17)24-21(28)16-2-1-13-27(14-16)20-8-7-19(25-26-20)15-9-11-23-12-10-15/h3-12,16H,1-2,13-14H2,(H,24,28). The van der Waals surface area contributed by atoms with Crippen LogP contribution in [-0.4, -0.2) is 34.2 Å². The number of benzene rings is 1. The fraction of sp³-hybridized carbons (Fsp3) is 0.238. The molecule has 1 amide bonds. The molecular formula is C21H20ClN5O. The maximum atomic E-state index is 12.7. The van der Waals surface area contributed by atoms with Gasteiger partial charge in [-0.1, -0.05) is 11.6 Å². The molecule has 1 aliphatic heterocycles. The highest BCUT2D eigenvalue weighted by Crippen LogP contribution is 2.24. The first-order chi connectivity index (χ1) is 13.7. The molecule has 1 fully saturated rings. The molecule has 7 heteroatoms. The van der Waals surface area contributed by atoms with Crippen molar-refractivity contribution >= 4 is 29.0 Å². The van der Waals surface area contributed by atoms with Crippen LogP contribution in [0.3, 0.4) is 0 Å². The summed E-state index contributed by atoms with van der Waals surface area (Å²) >= 11 is 5.90. The van der Waals surface area contributed by atoms with E-state index in [0.29, 0.717) is 11.6 Å². The van der Waals surface area contributed by atoms with Gasteiger partial charge in [0.2, 0.25) is 5.91 Å². The molecular weight excluding hydrogens is 374 g/mol. The van der Waals surface area contributed by atoms with Crippen LogP contribution in [0, 0.1) is 5.92 Å². The average Bonchev–Trinajstić information content (AvgIpc) is 2.76. The first-order valence-electron chi connectivity index (χ1n) is 9.24. The van der Waals surface area contributed by atoms with E-state index in [2.05, 4.69) is 25.4 Å². The molecule has 142 valence electrons. The van der Waals surface area contributed by atoms with E-state index in [-0.39, 0.29) is 11.8 Å². The van der Waals surface area contributed by atoms with E-state index in [9.17, 15) is 4.79 Å². The number of aromatic nitrogens is 3. The second-order valence-corrected chi connectivity index (χ2v) is 7.23. The summed E-state index contributed by atoms with van der Waals surface area (Å²) in [5, 5.41) is 12.3. The van der Waals surface area contributed by atoms with E-state index < -0.39 is 0 Å². The van der Waals surface area contributed by atoms with Crippen LogP contribution in [0.4, 0.5) is 11.5 Å². The summed E-state index contributed by atoms with van der Waals surface area (Å²) in [4.78, 5) is 18.8. The van der Waals surface area contributed by atoms with Gasteiger partial charge in [-0.05, 0) is 61.4 Å². The second kappa shape index (κ2) is 8.35. The Labute approximate surface area is 168 Å². The van der Waals surface area contributed by atoms with Gasteiger partial charge in [0, 0.05) is 41.8 Å². The number of halogens is 1. The van der Waals surface area contributed by atoms with Crippen LogP contribution in [0.25, 0.3) is 11.3 Å². The number of piperidine rings is 1. The van der Waals surface area contributed by atoms with Crippen molar-refractivity contribution in [2.24, 2.45) is 5.92 Å². The number of pyridine rings is 1. The number of hydrogen-bond acceptors (Lipinski definition) is 5. The highest BCUT2D eigenvalue weighted by atomic mass is 35.5. The van der Waals surface area contributed by atoms with Gasteiger partial charge in [0.25, 0.3) is 0 Å². The summed E-state index contributed by atoms with van der Waals surface area (Å²) in [5.74, 6) is 0.723. The van der Waals surface area contributed by atoms with Gasteiger partial charge in [-0.15, -0.1) is 10.2 Å². The number of nitrogens with zero attached hydrogens (tertiary/aromatic N) is 4. The molecule has 0 spiro atoms. The molecule has 4 rings (SSSR count). The normalized spacial score (nSPS) is 16.6. The minimum atomic E-state index is -0.0916. The quantitative estimate of drug-likeness (QED) is 0.724. The third-order valence-electron chi connectivity index (χ3n) is 4.85. The summed E-state index contributed by atoms with van der Waals surface area (Å²) in [6, 6.07) is 14.9. The van der Waals surface area contributed by atoms with Crippen molar-refractivity contribution in [1.82, 2.24) is 15.2 Å². The van der Waals surface area contributed by atoms with Gasteiger partial charge in [0.1, 0.15) is 0 Å². The minimum Gasteiger partial charge on any atom is -0.354 e. The number of carbonyl (C=O) groups excluding carboxylic acids is 1. The van der Waals surface area contributed by atoms with Crippen LogP contribution in [-0.2, 0) is 4.79 Å². The molecule has 3 aromatic rings. The van der Waals surface area contributed by atoms with Crippen molar-refractivity contribution in [1.29, 1.82) is 0 Å². The number of anilines is 2. The highest BCUT2D eigenvalue weighted by Gasteiger charge is 2.26. The average molecular weight is 394 g/mol. The molecule has 0 bridgehead atoms. The van der Waals surface area contributed by atoms with Crippen molar-refractivity contribution in [2.75, 3.05) is 23.3 Å². The van der Waals surface area contributed by atoms with E-state index in [1.807, 2.05) is 36.4 Å². The summed E-state index contributed by atoms with van der Waals surface area (Å²) in [6.07, 6.45) is 5.27. The van der Waals surface area contributed by atoms with Crippen molar-refractivity contribution in [3.63, 3.8) is 0 Å². The Morgan fingerprint density at radius 1 is 1.04 bits per heavy atom. The first kappa shape index (κ1) is 18.4. The molecule has 1 aliphatic rings. The van der Waals surface area contributed by atoms with Crippen LogP contribution < -0.4 is 10.2 Å². The molecule has 3 heterocycles. The third-order valence-corrected chi connectivity index (χ3v) is 5.11. The molecule has 28 heavy (non-hydrogen) atoms. The van der Waals surface area contributed by atoms with Crippen molar-refractivity contribution in [3.8, 4) is 11.3 Å². The second-order valence-electron chi connectivity index (χ2n) is 6.79. The summed E-state index contributed by atoms with van der Waals surface area (Å²) in [7, 11) is 0. The zero-order valence-corrected chi connectivity index (χ0v) is 16.0. The largest absolute Gasteiger partial charge is 0.354 e. The lowest BCUT2D eigenvalue weighted by molar-refractivity contribution is -0.120. The van der Waals surface area contributed by atoms with Gasteiger partial charge in [0.05, 0.1) is 11.6 Å². The number of amides is 1. The van der Waals surface area contributed by atoms with E-state index >= 15 is 0 Å². The third kappa shape index (κ3) is 4.28. The Morgan fingerprint density at radius 3 is 2.54 bits per heavy atom. The predicted octanol–water partition coefficient (Wildman–Crippen LogP) is 4.05. The van der Waals surface area contributed by atoms with Crippen molar-refractivity contribution in [3.05, 3.63) is 65.9 Å². The highest BCUT2D eigenvalue weighted by molar-refractivity contribution is 6.30. The van der Waals surface area contributed by atoms with E-state index in [0.717, 1.165) is 42.1 Å². The Balaban J connectivity index is 1.42. The number of nitrogens with one attached hydrogen (secondary N) is 1. The van der Waals surface area contributed by atoms with Crippen LogP contribution in [0.15, 0.2) is 60.9 Å². The number of rotatable bonds is 4. The lowest BCUT2D eigenvalue weighted by Crippen LogP contribution is -2.41. The van der Waals surface area contributed by atoms with Gasteiger partial charge in [-0.25, -0.2) is 0 Å². The molecule has 1 unspecified atom stereocenters. The summed E-state index contributed by atoms with van der Waals surface area (Å²) in [5.41, 5.74) is 2.54. The maximum Gasteiger partial charge on any atom is 0.229 e. The van der Waals surface area contributed by atoms with Gasteiger partial charge in [-0.3, -0.25) is 9.78 Å². The Morgan fingerprint density at radius 2 is 1.82 bits per heavy atom. The first-order valence-corrected chi connectivity index (χ1v) is 9.62. The lowest BCUT2D eigenvalue weighted by Gasteiger charge is -2.32. The molecule has 0 saturated carbocycles. The predicted molar refractivity (Wildman–Crippen MR) is 110 cm³/mol. The molecule has 1 N–H and O–H groups in total. The van der Waals surface area contributed by atoms with E-state index in [4.69, 9.17) is 11.6 Å². The topological polar surface area (TPSA) is 71.0 Å². The number of carbonyl (C=O) groups is 1. The fourth-order valence-corrected chi connectivity index (χ4v) is 3.47. The lowest BCUT2D eigenvalue weighted by atomic mass is 9.97. The van der Waals surface area contributed by atoms with Gasteiger partial charge in [-0.2, -0.15) is 0 Å². The number of hydrogen-bond donors (Lipinski definition) is 1. The van der Waals surface area contributed by atoms with Crippen molar-refractivity contribution < 1.29 is 4.79 Å². The zero-order valence-electron chi connectivity index (χ0n) is 15.3. The van der Waals surface area contributed by atoms with Crippen LogP contribution in [0.2, 0.25) is 5.02 Å². The summed E-state index contributed by atoms with van der Waals surface area (Å²) in [6.45, 7) is 1.50. The van der Waals surface area contributed by atoms with Gasteiger partial charge < -0.3 is 10.2 Å². The van der Waals surface area contributed by atoms with Gasteiger partial charge in [0.15, 0.2) is 5.82 Å². The molecule has 1 aromatic carbocycles. The van der Waals surface area contributed by atoms with E-state index in [1.54, 1.807) is 24.5 Å². The minimum absolute atomic E-state index is 0.0217. The van der Waals surface area contributed by atoms with Crippen LogP contribution in [0.5, 0.6) is 0 Å². The zero-order chi connectivity index (χ0) is 19.3. The Hall–Kier alpha value is -2.99. The Bertz CT molecular complexity index is 931. The Kier molecular flexibility index (Phi) is 5.48. The SMILES string of the molecule is O=C(Nc1ccc(Cl)cc1)C1CCCN(c2ccc(-c3ccncc3)nn2)C1. The van der Waals surface area contributed by atoms with Crippen LogP contribution >= 0.6 is 11.6 Å².